The minimum Gasteiger partial charge on any atom is -0.336 e. The summed E-state index contributed by atoms with van der Waals surface area (Å²) in [7, 11) is 0. The van der Waals surface area contributed by atoms with Crippen LogP contribution in [0, 0.1) is 11.6 Å². The molecule has 0 aromatic heterocycles. The van der Waals surface area contributed by atoms with Gasteiger partial charge < -0.3 is 4.74 Å². The van der Waals surface area contributed by atoms with Crippen molar-refractivity contribution in [2.24, 2.45) is 0 Å². The molecule has 2 aliphatic rings. The third kappa shape index (κ3) is 3.81. The SMILES string of the molecule is C=C(c1ccc(F)cc1)[C@H]1OOC2(CCCCC2)O[C@@H]1c1ccc(F)cc1. The van der Waals surface area contributed by atoms with Crippen molar-refractivity contribution in [2.45, 2.75) is 50.1 Å². The summed E-state index contributed by atoms with van der Waals surface area (Å²) < 4.78 is 33.1. The molecule has 27 heavy (non-hydrogen) atoms. The van der Waals surface area contributed by atoms with Crippen LogP contribution in [-0.2, 0) is 14.5 Å². The van der Waals surface area contributed by atoms with E-state index >= 15 is 0 Å². The molecule has 1 aliphatic heterocycles. The summed E-state index contributed by atoms with van der Waals surface area (Å²) >= 11 is 0. The largest absolute Gasteiger partial charge is 0.336 e. The minimum atomic E-state index is -0.781. The number of hydrogen-bond donors (Lipinski definition) is 0. The Labute approximate surface area is 157 Å². The van der Waals surface area contributed by atoms with Crippen LogP contribution in [-0.4, -0.2) is 11.9 Å². The van der Waals surface area contributed by atoms with Gasteiger partial charge in [0.2, 0.25) is 5.79 Å². The zero-order chi connectivity index (χ0) is 18.9. The topological polar surface area (TPSA) is 27.7 Å². The summed E-state index contributed by atoms with van der Waals surface area (Å²) in [4.78, 5) is 11.5. The highest BCUT2D eigenvalue weighted by Crippen LogP contribution is 2.45. The maximum absolute atomic E-state index is 13.4. The Morgan fingerprint density at radius 2 is 1.48 bits per heavy atom. The van der Waals surface area contributed by atoms with E-state index in [4.69, 9.17) is 14.5 Å². The van der Waals surface area contributed by atoms with Crippen molar-refractivity contribution in [3.63, 3.8) is 0 Å². The summed E-state index contributed by atoms with van der Waals surface area (Å²) in [6.45, 7) is 4.12. The van der Waals surface area contributed by atoms with Gasteiger partial charge in [-0.1, -0.05) is 37.3 Å². The van der Waals surface area contributed by atoms with Gasteiger partial charge in [-0.25, -0.2) is 18.6 Å². The predicted octanol–water partition coefficient (Wildman–Crippen LogP) is 5.73. The lowest BCUT2D eigenvalue weighted by Gasteiger charge is -2.45. The van der Waals surface area contributed by atoms with Crippen molar-refractivity contribution >= 4 is 5.57 Å². The molecule has 2 fully saturated rings. The van der Waals surface area contributed by atoms with Crippen LogP contribution in [0.1, 0.15) is 49.3 Å². The maximum atomic E-state index is 13.4. The molecular weight excluding hydrogens is 350 g/mol. The zero-order valence-electron chi connectivity index (χ0n) is 15.0. The highest BCUT2D eigenvalue weighted by molar-refractivity contribution is 5.67. The fraction of sp³-hybridized carbons (Fsp3) is 0.364. The van der Waals surface area contributed by atoms with Crippen molar-refractivity contribution in [3.8, 4) is 0 Å². The van der Waals surface area contributed by atoms with Gasteiger partial charge in [0.15, 0.2) is 0 Å². The normalized spacial score (nSPS) is 24.7. The van der Waals surface area contributed by atoms with Gasteiger partial charge in [0.25, 0.3) is 0 Å². The molecule has 2 aromatic carbocycles. The third-order valence-electron chi connectivity index (χ3n) is 5.29. The zero-order valence-corrected chi connectivity index (χ0v) is 15.0. The lowest BCUT2D eigenvalue weighted by Crippen LogP contribution is -2.48. The summed E-state index contributed by atoms with van der Waals surface area (Å²) in [6.07, 6.45) is 3.54. The van der Waals surface area contributed by atoms with Crippen molar-refractivity contribution < 1.29 is 23.3 Å². The molecule has 4 rings (SSSR count). The summed E-state index contributed by atoms with van der Waals surface area (Å²) in [6, 6.07) is 12.2. The molecule has 0 radical (unpaired) electrons. The average molecular weight is 372 g/mol. The van der Waals surface area contributed by atoms with Crippen molar-refractivity contribution in [1.29, 1.82) is 0 Å². The average Bonchev–Trinajstić information content (AvgIpc) is 2.69. The number of rotatable bonds is 3. The first kappa shape index (κ1) is 18.3. The maximum Gasteiger partial charge on any atom is 0.202 e. The highest BCUT2D eigenvalue weighted by atomic mass is 19.1. The monoisotopic (exact) mass is 372 g/mol. The molecule has 0 N–H and O–H groups in total. The van der Waals surface area contributed by atoms with Gasteiger partial charge >= 0.3 is 0 Å². The van der Waals surface area contributed by atoms with Gasteiger partial charge in [-0.05, 0) is 53.8 Å². The summed E-state index contributed by atoms with van der Waals surface area (Å²) in [5.74, 6) is -1.41. The van der Waals surface area contributed by atoms with Gasteiger partial charge in [-0.2, -0.15) is 0 Å². The van der Waals surface area contributed by atoms with Crippen LogP contribution in [0.3, 0.4) is 0 Å². The number of halogens is 2. The quantitative estimate of drug-likeness (QED) is 0.644. The molecule has 2 aromatic rings. The van der Waals surface area contributed by atoms with Crippen LogP contribution in [0.25, 0.3) is 5.57 Å². The van der Waals surface area contributed by atoms with Gasteiger partial charge in [0.05, 0.1) is 0 Å². The van der Waals surface area contributed by atoms with Crippen LogP contribution >= 0.6 is 0 Å². The van der Waals surface area contributed by atoms with Crippen molar-refractivity contribution in [2.75, 3.05) is 0 Å². The Hall–Kier alpha value is -2.08. The van der Waals surface area contributed by atoms with E-state index in [1.807, 2.05) is 0 Å². The molecule has 3 nitrogen and oxygen atoms in total. The Morgan fingerprint density at radius 1 is 0.889 bits per heavy atom. The van der Waals surface area contributed by atoms with E-state index in [0.29, 0.717) is 5.57 Å². The smallest absolute Gasteiger partial charge is 0.202 e. The van der Waals surface area contributed by atoms with Gasteiger partial charge in [0, 0.05) is 12.8 Å². The standard InChI is InChI=1S/C22H22F2O3/c1-15(16-5-9-18(23)10-6-16)20-21(17-7-11-19(24)12-8-17)25-22(27-26-20)13-3-2-4-14-22/h5-12,20-21H,1-4,13-14H2/t20-,21-/m1/s1. The fourth-order valence-corrected chi connectivity index (χ4v) is 3.76. The Morgan fingerprint density at radius 3 is 2.11 bits per heavy atom. The number of ether oxygens (including phenoxy) is 1. The predicted molar refractivity (Wildman–Crippen MR) is 97.4 cm³/mol. The van der Waals surface area contributed by atoms with E-state index in [1.54, 1.807) is 24.3 Å². The second-order valence-corrected chi connectivity index (χ2v) is 7.19. The van der Waals surface area contributed by atoms with E-state index in [2.05, 4.69) is 6.58 Å². The first-order valence-corrected chi connectivity index (χ1v) is 9.29. The lowest BCUT2D eigenvalue weighted by molar-refractivity contribution is -0.501. The van der Waals surface area contributed by atoms with Gasteiger partial charge in [0.1, 0.15) is 23.8 Å². The molecule has 1 heterocycles. The van der Waals surface area contributed by atoms with Crippen LogP contribution < -0.4 is 0 Å². The van der Waals surface area contributed by atoms with E-state index in [0.717, 1.165) is 43.2 Å². The number of hydrogen-bond acceptors (Lipinski definition) is 3. The van der Waals surface area contributed by atoms with E-state index in [9.17, 15) is 8.78 Å². The fourth-order valence-electron chi connectivity index (χ4n) is 3.76. The molecule has 0 bridgehead atoms. The molecule has 2 atom stereocenters. The lowest BCUT2D eigenvalue weighted by atomic mass is 9.90. The second-order valence-electron chi connectivity index (χ2n) is 7.19. The molecule has 1 aliphatic carbocycles. The number of benzene rings is 2. The van der Waals surface area contributed by atoms with Gasteiger partial charge in [-0.15, -0.1) is 0 Å². The minimum absolute atomic E-state index is 0.312. The van der Waals surface area contributed by atoms with E-state index < -0.39 is 18.0 Å². The van der Waals surface area contributed by atoms with Crippen LogP contribution in [0.15, 0.2) is 55.1 Å². The molecule has 142 valence electrons. The van der Waals surface area contributed by atoms with Crippen molar-refractivity contribution in [3.05, 3.63) is 77.9 Å². The molecule has 1 saturated carbocycles. The van der Waals surface area contributed by atoms with Crippen LogP contribution in [0.2, 0.25) is 0 Å². The third-order valence-corrected chi connectivity index (χ3v) is 5.29. The Balaban J connectivity index is 1.65. The van der Waals surface area contributed by atoms with Crippen molar-refractivity contribution in [1.82, 2.24) is 0 Å². The molecule has 5 heteroatoms. The summed E-state index contributed by atoms with van der Waals surface area (Å²) in [5, 5.41) is 0. The second kappa shape index (κ2) is 7.50. The molecule has 1 spiro atoms. The molecule has 0 unspecified atom stereocenters. The Kier molecular flexibility index (Phi) is 5.08. The molecule has 1 saturated heterocycles. The summed E-state index contributed by atoms with van der Waals surface area (Å²) in [5.41, 5.74) is 2.15. The van der Waals surface area contributed by atoms with E-state index in [-0.39, 0.29) is 11.6 Å². The van der Waals surface area contributed by atoms with Crippen LogP contribution in [0.5, 0.6) is 0 Å². The first-order valence-electron chi connectivity index (χ1n) is 9.29. The molecule has 0 amide bonds. The van der Waals surface area contributed by atoms with E-state index in [1.165, 1.54) is 24.3 Å². The van der Waals surface area contributed by atoms with Gasteiger partial charge in [-0.3, -0.25) is 0 Å². The first-order chi connectivity index (χ1) is 13.1. The Bertz CT molecular complexity index is 795. The molecular formula is C22H22F2O3. The highest BCUT2D eigenvalue weighted by Gasteiger charge is 2.46. The van der Waals surface area contributed by atoms with Crippen LogP contribution in [0.4, 0.5) is 8.78 Å².